The molecule has 0 fully saturated rings. The van der Waals surface area contributed by atoms with Crippen LogP contribution in [0.4, 0.5) is 5.69 Å². The highest BCUT2D eigenvalue weighted by molar-refractivity contribution is 9.10. The van der Waals surface area contributed by atoms with E-state index in [4.69, 9.17) is 0 Å². The first kappa shape index (κ1) is 15.7. The van der Waals surface area contributed by atoms with Crippen molar-refractivity contribution < 1.29 is 4.79 Å². The minimum Gasteiger partial charge on any atom is -0.350 e. The number of halogens is 1. The predicted octanol–water partition coefficient (Wildman–Crippen LogP) is 4.68. The van der Waals surface area contributed by atoms with Crippen molar-refractivity contribution >= 4 is 38.4 Å². The Kier molecular flexibility index (Phi) is 3.89. The van der Waals surface area contributed by atoms with Crippen molar-refractivity contribution in [2.75, 3.05) is 5.32 Å². The van der Waals surface area contributed by atoms with Gasteiger partial charge in [-0.2, -0.15) is 5.10 Å². The van der Waals surface area contributed by atoms with Gasteiger partial charge in [0, 0.05) is 28.5 Å². The number of aromatic amines is 1. The van der Waals surface area contributed by atoms with Gasteiger partial charge in [0.05, 0.1) is 10.2 Å². The molecule has 124 valence electrons. The molecule has 0 unspecified atom stereocenters. The van der Waals surface area contributed by atoms with Crippen LogP contribution in [0, 0.1) is 6.92 Å². The first-order valence-corrected chi connectivity index (χ1v) is 8.61. The molecule has 0 aliphatic heterocycles. The van der Waals surface area contributed by atoms with Gasteiger partial charge in [0.2, 0.25) is 0 Å². The average Bonchev–Trinajstić information content (AvgIpc) is 3.19. The lowest BCUT2D eigenvalue weighted by atomic mass is 10.2. The number of hydrogen-bond acceptors (Lipinski definition) is 2. The molecule has 0 radical (unpaired) electrons. The Balaban J connectivity index is 1.64. The van der Waals surface area contributed by atoms with Crippen molar-refractivity contribution in [2.24, 2.45) is 0 Å². The number of fused-ring (bicyclic) bond motifs is 1. The van der Waals surface area contributed by atoms with Crippen LogP contribution in [0.2, 0.25) is 0 Å². The van der Waals surface area contributed by atoms with Gasteiger partial charge in [-0.15, -0.1) is 0 Å². The standard InChI is InChI=1S/C19H15BrN4O/c1-12-9-10-21-24(12)14-6-4-5-13(11-14)22-19(25)18-17(20)15-7-2-3-8-16(15)23-18/h2-11,23H,1H3,(H,22,25). The number of amides is 1. The lowest BCUT2D eigenvalue weighted by Gasteiger charge is -2.08. The number of rotatable bonds is 3. The number of hydrogen-bond donors (Lipinski definition) is 2. The van der Waals surface area contributed by atoms with Crippen molar-refractivity contribution in [3.8, 4) is 5.69 Å². The summed E-state index contributed by atoms with van der Waals surface area (Å²) in [5, 5.41) is 8.22. The molecule has 5 nitrogen and oxygen atoms in total. The number of anilines is 1. The SMILES string of the molecule is Cc1ccnn1-c1cccc(NC(=O)c2[nH]c3ccccc3c2Br)c1. The molecule has 1 amide bonds. The summed E-state index contributed by atoms with van der Waals surface area (Å²) in [4.78, 5) is 15.8. The molecule has 2 heterocycles. The summed E-state index contributed by atoms with van der Waals surface area (Å²) >= 11 is 3.52. The fraction of sp³-hybridized carbons (Fsp3) is 0.0526. The monoisotopic (exact) mass is 394 g/mol. The molecule has 0 spiro atoms. The van der Waals surface area contributed by atoms with E-state index >= 15 is 0 Å². The van der Waals surface area contributed by atoms with E-state index < -0.39 is 0 Å². The summed E-state index contributed by atoms with van der Waals surface area (Å²) in [6.45, 7) is 1.99. The smallest absolute Gasteiger partial charge is 0.273 e. The zero-order valence-corrected chi connectivity index (χ0v) is 15.0. The van der Waals surface area contributed by atoms with Crippen molar-refractivity contribution in [1.29, 1.82) is 0 Å². The molecule has 0 aliphatic rings. The summed E-state index contributed by atoms with van der Waals surface area (Å²) in [6, 6.07) is 17.3. The lowest BCUT2D eigenvalue weighted by Crippen LogP contribution is -2.13. The molecular formula is C19H15BrN4O. The molecule has 2 N–H and O–H groups in total. The van der Waals surface area contributed by atoms with Crippen molar-refractivity contribution in [3.63, 3.8) is 0 Å². The second kappa shape index (κ2) is 6.22. The van der Waals surface area contributed by atoms with Gasteiger partial charge in [-0.25, -0.2) is 4.68 Å². The summed E-state index contributed by atoms with van der Waals surface area (Å²) in [5.41, 5.74) is 4.06. The first-order chi connectivity index (χ1) is 12.1. The Bertz CT molecular complexity index is 1080. The van der Waals surface area contributed by atoms with Gasteiger partial charge in [0.15, 0.2) is 0 Å². The van der Waals surface area contributed by atoms with Crippen LogP contribution in [0.1, 0.15) is 16.2 Å². The summed E-state index contributed by atoms with van der Waals surface area (Å²) in [7, 11) is 0. The summed E-state index contributed by atoms with van der Waals surface area (Å²) < 4.78 is 2.59. The van der Waals surface area contributed by atoms with Crippen molar-refractivity contribution in [3.05, 3.63) is 76.7 Å². The van der Waals surface area contributed by atoms with Crippen LogP contribution in [-0.2, 0) is 0 Å². The van der Waals surface area contributed by atoms with Crippen LogP contribution in [0.5, 0.6) is 0 Å². The third-order valence-corrected chi connectivity index (χ3v) is 4.87. The summed E-state index contributed by atoms with van der Waals surface area (Å²) in [5.74, 6) is -0.197. The number of carbonyl (C=O) groups excluding carboxylic acids is 1. The molecule has 25 heavy (non-hydrogen) atoms. The van der Waals surface area contributed by atoms with Crippen LogP contribution < -0.4 is 5.32 Å². The number of nitrogens with one attached hydrogen (secondary N) is 2. The number of H-pyrrole nitrogens is 1. The highest BCUT2D eigenvalue weighted by Gasteiger charge is 2.16. The average molecular weight is 395 g/mol. The van der Waals surface area contributed by atoms with Crippen LogP contribution in [0.3, 0.4) is 0 Å². The molecule has 0 saturated heterocycles. The molecule has 0 bridgehead atoms. The molecule has 2 aromatic heterocycles. The van der Waals surface area contributed by atoms with Gasteiger partial charge in [-0.05, 0) is 53.2 Å². The molecule has 4 aromatic rings. The van der Waals surface area contributed by atoms with Crippen LogP contribution in [-0.4, -0.2) is 20.7 Å². The number of aromatic nitrogens is 3. The molecule has 0 aliphatic carbocycles. The highest BCUT2D eigenvalue weighted by Crippen LogP contribution is 2.28. The second-order valence-electron chi connectivity index (χ2n) is 5.75. The Morgan fingerprint density at radius 1 is 1.16 bits per heavy atom. The van der Waals surface area contributed by atoms with E-state index in [9.17, 15) is 4.79 Å². The van der Waals surface area contributed by atoms with Gasteiger partial charge >= 0.3 is 0 Å². The van der Waals surface area contributed by atoms with Gasteiger partial charge < -0.3 is 10.3 Å². The number of benzene rings is 2. The fourth-order valence-electron chi connectivity index (χ4n) is 2.81. The van der Waals surface area contributed by atoms with Crippen LogP contribution >= 0.6 is 15.9 Å². The second-order valence-corrected chi connectivity index (χ2v) is 6.54. The van der Waals surface area contributed by atoms with E-state index in [0.29, 0.717) is 11.4 Å². The molecule has 6 heteroatoms. The highest BCUT2D eigenvalue weighted by atomic mass is 79.9. The maximum Gasteiger partial charge on any atom is 0.273 e. The van der Waals surface area contributed by atoms with Crippen LogP contribution in [0.25, 0.3) is 16.6 Å². The molecule has 0 atom stereocenters. The van der Waals surface area contributed by atoms with E-state index in [0.717, 1.165) is 26.8 Å². The van der Waals surface area contributed by atoms with Gasteiger partial charge in [0.25, 0.3) is 5.91 Å². The van der Waals surface area contributed by atoms with E-state index in [1.54, 1.807) is 6.20 Å². The van der Waals surface area contributed by atoms with E-state index in [2.05, 4.69) is 31.3 Å². The minimum absolute atomic E-state index is 0.197. The molecular weight excluding hydrogens is 380 g/mol. The quantitative estimate of drug-likeness (QED) is 0.529. The molecule has 4 rings (SSSR count). The van der Waals surface area contributed by atoms with E-state index in [1.165, 1.54) is 0 Å². The largest absolute Gasteiger partial charge is 0.350 e. The van der Waals surface area contributed by atoms with E-state index in [-0.39, 0.29) is 5.91 Å². The van der Waals surface area contributed by atoms with Gasteiger partial charge in [-0.3, -0.25) is 4.79 Å². The number of para-hydroxylation sites is 1. The Morgan fingerprint density at radius 2 is 2.00 bits per heavy atom. The summed E-state index contributed by atoms with van der Waals surface area (Å²) in [6.07, 6.45) is 1.75. The number of carbonyl (C=O) groups is 1. The van der Waals surface area contributed by atoms with Crippen LogP contribution in [0.15, 0.2) is 65.3 Å². The maximum atomic E-state index is 12.7. The molecule has 2 aromatic carbocycles. The third kappa shape index (κ3) is 2.85. The number of aryl methyl sites for hydroxylation is 1. The van der Waals surface area contributed by atoms with Crippen molar-refractivity contribution in [1.82, 2.24) is 14.8 Å². The Morgan fingerprint density at radius 3 is 2.76 bits per heavy atom. The van der Waals surface area contributed by atoms with Crippen molar-refractivity contribution in [2.45, 2.75) is 6.92 Å². The van der Waals surface area contributed by atoms with Gasteiger partial charge in [0.1, 0.15) is 5.69 Å². The first-order valence-electron chi connectivity index (χ1n) is 7.82. The van der Waals surface area contributed by atoms with Gasteiger partial charge in [-0.1, -0.05) is 24.3 Å². The Hall–Kier alpha value is -2.86. The Labute approximate surface area is 152 Å². The number of nitrogens with zero attached hydrogens (tertiary/aromatic N) is 2. The van der Waals surface area contributed by atoms with E-state index in [1.807, 2.05) is 66.2 Å². The maximum absolute atomic E-state index is 12.7. The normalized spacial score (nSPS) is 11.0. The minimum atomic E-state index is -0.197. The third-order valence-electron chi connectivity index (χ3n) is 4.05. The zero-order valence-electron chi connectivity index (χ0n) is 13.5. The molecule has 0 saturated carbocycles. The predicted molar refractivity (Wildman–Crippen MR) is 102 cm³/mol. The lowest BCUT2D eigenvalue weighted by molar-refractivity contribution is 0.102. The zero-order chi connectivity index (χ0) is 17.4. The fourth-order valence-corrected chi connectivity index (χ4v) is 3.44. The topological polar surface area (TPSA) is 62.7 Å².